The van der Waals surface area contributed by atoms with Gasteiger partial charge in [0, 0.05) is 56.0 Å². The fraction of sp³-hybridized carbons (Fsp3) is 0.348. The zero-order chi connectivity index (χ0) is 22.5. The Morgan fingerprint density at radius 3 is 2.59 bits per heavy atom. The third kappa shape index (κ3) is 5.17. The predicted molar refractivity (Wildman–Crippen MR) is 115 cm³/mol. The van der Waals surface area contributed by atoms with Crippen LogP contribution in [0.1, 0.15) is 30.9 Å². The normalized spacial score (nSPS) is 15.5. The monoisotopic (exact) mass is 442 g/mol. The first-order valence-corrected chi connectivity index (χ1v) is 10.5. The van der Waals surface area contributed by atoms with Crippen LogP contribution in [-0.2, 0) is 4.74 Å². The predicted octanol–water partition coefficient (Wildman–Crippen LogP) is 3.15. The lowest BCUT2D eigenvalue weighted by Gasteiger charge is -2.23. The van der Waals surface area contributed by atoms with E-state index in [1.807, 2.05) is 0 Å². The van der Waals surface area contributed by atoms with Gasteiger partial charge in [-0.1, -0.05) is 0 Å². The van der Waals surface area contributed by atoms with Gasteiger partial charge in [0.1, 0.15) is 11.6 Å². The first-order valence-electron chi connectivity index (χ1n) is 10.5. The molecule has 32 heavy (non-hydrogen) atoms. The Kier molecular flexibility index (Phi) is 6.87. The summed E-state index contributed by atoms with van der Waals surface area (Å²) in [5.74, 6) is -0.997. The summed E-state index contributed by atoms with van der Waals surface area (Å²) in [5, 5.41) is 12.8. The number of aliphatic hydroxyl groups excluding tert-OH is 1. The molecule has 0 unspecified atom stereocenters. The van der Waals surface area contributed by atoms with Gasteiger partial charge < -0.3 is 19.7 Å². The van der Waals surface area contributed by atoms with Crippen molar-refractivity contribution in [2.75, 3.05) is 25.1 Å². The molecule has 1 aliphatic heterocycles. The number of hydrogen-bond acceptors (Lipinski definition) is 6. The number of rotatable bonds is 7. The van der Waals surface area contributed by atoms with E-state index < -0.39 is 17.7 Å². The van der Waals surface area contributed by atoms with Crippen LogP contribution in [0.15, 0.2) is 53.6 Å². The summed E-state index contributed by atoms with van der Waals surface area (Å²) in [6.07, 6.45) is 5.05. The van der Waals surface area contributed by atoms with Gasteiger partial charge in [0.25, 0.3) is 5.56 Å². The molecule has 2 aromatic heterocycles. The van der Waals surface area contributed by atoms with E-state index in [0.717, 1.165) is 18.9 Å². The average Bonchev–Trinajstić information content (AvgIpc) is 2.78. The Hall–Kier alpha value is -3.17. The molecule has 2 N–H and O–H groups in total. The van der Waals surface area contributed by atoms with E-state index in [2.05, 4.69) is 15.3 Å². The molecule has 1 atom stereocenters. The topological polar surface area (TPSA) is 89.3 Å². The van der Waals surface area contributed by atoms with E-state index in [4.69, 9.17) is 4.74 Å². The van der Waals surface area contributed by atoms with Crippen molar-refractivity contribution in [3.05, 3.63) is 76.3 Å². The van der Waals surface area contributed by atoms with Crippen LogP contribution in [0.5, 0.6) is 0 Å². The first kappa shape index (κ1) is 22.0. The fourth-order valence-corrected chi connectivity index (χ4v) is 3.88. The minimum atomic E-state index is -0.738. The number of aromatic nitrogens is 3. The molecule has 0 amide bonds. The average molecular weight is 442 g/mol. The molecule has 3 heterocycles. The maximum Gasteiger partial charge on any atom is 0.251 e. The first-order chi connectivity index (χ1) is 15.5. The van der Waals surface area contributed by atoms with Crippen LogP contribution < -0.4 is 10.9 Å². The van der Waals surface area contributed by atoms with Gasteiger partial charge in [-0.25, -0.2) is 18.7 Å². The van der Waals surface area contributed by atoms with Gasteiger partial charge in [-0.05, 0) is 49.1 Å². The third-order valence-electron chi connectivity index (χ3n) is 5.46. The lowest BCUT2D eigenvalue weighted by atomic mass is 10.0. The van der Waals surface area contributed by atoms with Crippen molar-refractivity contribution in [3.63, 3.8) is 0 Å². The van der Waals surface area contributed by atoms with Gasteiger partial charge in [-0.15, -0.1) is 0 Å². The number of ether oxygens (including phenoxy) is 1. The largest absolute Gasteiger partial charge is 0.396 e. The molecular formula is C23H24F2N4O3. The quantitative estimate of drug-likeness (QED) is 0.584. The summed E-state index contributed by atoms with van der Waals surface area (Å²) in [6.45, 7) is 1.14. The van der Waals surface area contributed by atoms with Gasteiger partial charge in [-0.3, -0.25) is 4.79 Å². The lowest BCUT2D eigenvalue weighted by Crippen LogP contribution is -2.28. The van der Waals surface area contributed by atoms with Crippen LogP contribution in [0.3, 0.4) is 0 Å². The molecular weight excluding hydrogens is 418 g/mol. The number of halogens is 2. The molecule has 0 saturated carbocycles. The summed E-state index contributed by atoms with van der Waals surface area (Å²) in [6, 6.07) is 7.47. The number of pyridine rings is 1. The second-order valence-corrected chi connectivity index (χ2v) is 7.69. The smallest absolute Gasteiger partial charge is 0.251 e. The molecule has 4 rings (SSSR count). The van der Waals surface area contributed by atoms with E-state index in [-0.39, 0.29) is 30.2 Å². The minimum Gasteiger partial charge on any atom is -0.396 e. The molecule has 0 spiro atoms. The van der Waals surface area contributed by atoms with Crippen molar-refractivity contribution < 1.29 is 18.6 Å². The minimum absolute atomic E-state index is 0.134. The van der Waals surface area contributed by atoms with Gasteiger partial charge in [-0.2, -0.15) is 0 Å². The zero-order valence-corrected chi connectivity index (χ0v) is 17.4. The number of aliphatic hydroxyl groups is 1. The van der Waals surface area contributed by atoms with E-state index in [0.29, 0.717) is 30.4 Å². The summed E-state index contributed by atoms with van der Waals surface area (Å²) < 4.78 is 34.2. The second-order valence-electron chi connectivity index (χ2n) is 7.69. The van der Waals surface area contributed by atoms with Crippen molar-refractivity contribution in [1.29, 1.82) is 0 Å². The SMILES string of the molecule is O=c1cc(-c2ccnc(NC3CCOCC3)n2)ccn1[C@H](CCO)c1cc(F)cc(F)c1. The van der Waals surface area contributed by atoms with Crippen LogP contribution in [0.4, 0.5) is 14.7 Å². The maximum atomic E-state index is 13.7. The molecule has 3 aromatic rings. The Labute approximate surface area is 183 Å². The van der Waals surface area contributed by atoms with Crippen LogP contribution >= 0.6 is 0 Å². The number of nitrogens with zero attached hydrogens (tertiary/aromatic N) is 3. The molecule has 1 fully saturated rings. The van der Waals surface area contributed by atoms with Gasteiger partial charge in [0.2, 0.25) is 5.95 Å². The van der Waals surface area contributed by atoms with E-state index in [1.165, 1.54) is 22.8 Å². The van der Waals surface area contributed by atoms with Gasteiger partial charge in [0.05, 0.1) is 11.7 Å². The summed E-state index contributed by atoms with van der Waals surface area (Å²) >= 11 is 0. The van der Waals surface area contributed by atoms with Gasteiger partial charge >= 0.3 is 0 Å². The van der Waals surface area contributed by atoms with E-state index in [1.54, 1.807) is 24.5 Å². The highest BCUT2D eigenvalue weighted by molar-refractivity contribution is 5.59. The molecule has 0 radical (unpaired) electrons. The molecule has 0 aliphatic carbocycles. The molecule has 1 saturated heterocycles. The fourth-order valence-electron chi connectivity index (χ4n) is 3.88. The van der Waals surface area contributed by atoms with Crippen LogP contribution in [0.2, 0.25) is 0 Å². The molecule has 0 bridgehead atoms. The van der Waals surface area contributed by atoms with Crippen LogP contribution in [0, 0.1) is 11.6 Å². The number of benzene rings is 1. The summed E-state index contributed by atoms with van der Waals surface area (Å²) in [7, 11) is 0. The van der Waals surface area contributed by atoms with Crippen molar-refractivity contribution in [2.24, 2.45) is 0 Å². The van der Waals surface area contributed by atoms with E-state index in [9.17, 15) is 18.7 Å². The van der Waals surface area contributed by atoms with Crippen molar-refractivity contribution in [2.45, 2.75) is 31.3 Å². The Balaban J connectivity index is 1.61. The standard InChI is InChI=1S/C23H24F2N4O3/c24-17-11-16(12-18(25)14-17)21(3-8-30)29-7-2-15(13-22(29)31)20-1-6-26-23(28-20)27-19-4-9-32-10-5-19/h1-2,6-7,11-14,19,21,30H,3-5,8-10H2,(H,26,27,28)/t21-/m1/s1. The Morgan fingerprint density at radius 2 is 1.91 bits per heavy atom. The Morgan fingerprint density at radius 1 is 1.16 bits per heavy atom. The highest BCUT2D eigenvalue weighted by atomic mass is 19.1. The highest BCUT2D eigenvalue weighted by Gasteiger charge is 2.18. The molecule has 7 nitrogen and oxygen atoms in total. The highest BCUT2D eigenvalue weighted by Crippen LogP contribution is 2.24. The maximum absolute atomic E-state index is 13.7. The van der Waals surface area contributed by atoms with E-state index >= 15 is 0 Å². The number of anilines is 1. The number of nitrogens with one attached hydrogen (secondary N) is 1. The van der Waals surface area contributed by atoms with Crippen molar-refractivity contribution >= 4 is 5.95 Å². The van der Waals surface area contributed by atoms with Crippen LogP contribution in [0.25, 0.3) is 11.3 Å². The van der Waals surface area contributed by atoms with Gasteiger partial charge in [0.15, 0.2) is 0 Å². The van der Waals surface area contributed by atoms with Crippen LogP contribution in [-0.4, -0.2) is 45.5 Å². The summed E-state index contributed by atoms with van der Waals surface area (Å²) in [5.41, 5.74) is 1.07. The third-order valence-corrected chi connectivity index (χ3v) is 5.46. The second kappa shape index (κ2) is 9.97. The lowest BCUT2D eigenvalue weighted by molar-refractivity contribution is 0.0903. The molecule has 1 aliphatic rings. The van der Waals surface area contributed by atoms with Crippen molar-refractivity contribution in [1.82, 2.24) is 14.5 Å². The number of hydrogen-bond donors (Lipinski definition) is 2. The molecule has 9 heteroatoms. The van der Waals surface area contributed by atoms with Crippen molar-refractivity contribution in [3.8, 4) is 11.3 Å². The Bertz CT molecular complexity index is 1110. The zero-order valence-electron chi connectivity index (χ0n) is 17.4. The summed E-state index contributed by atoms with van der Waals surface area (Å²) in [4.78, 5) is 21.7. The molecule has 1 aromatic carbocycles. The molecule has 168 valence electrons.